The fourth-order valence-electron chi connectivity index (χ4n) is 4.43. The summed E-state index contributed by atoms with van der Waals surface area (Å²) in [4.78, 5) is 25.3. The van der Waals surface area contributed by atoms with Crippen molar-refractivity contribution in [1.29, 1.82) is 0 Å². The third-order valence-electron chi connectivity index (χ3n) is 6.43. The summed E-state index contributed by atoms with van der Waals surface area (Å²) in [6.45, 7) is 2.13. The molecule has 2 aliphatic carbocycles. The molecule has 0 bridgehead atoms. The number of rotatable bonds is 6. The molecule has 3 unspecified atom stereocenters. The molecule has 2 aromatic rings. The van der Waals surface area contributed by atoms with Gasteiger partial charge in [-0.05, 0) is 60.9 Å². The molecule has 2 saturated carbocycles. The molecule has 0 heterocycles. The summed E-state index contributed by atoms with van der Waals surface area (Å²) in [5.41, 5.74) is 1.38. The van der Waals surface area contributed by atoms with E-state index in [1.54, 1.807) is 0 Å². The van der Waals surface area contributed by atoms with Gasteiger partial charge in [-0.25, -0.2) is 8.42 Å². The minimum Gasteiger partial charge on any atom is -0.341 e. The van der Waals surface area contributed by atoms with E-state index in [0.717, 1.165) is 24.8 Å². The van der Waals surface area contributed by atoms with E-state index in [1.807, 2.05) is 30.3 Å². The summed E-state index contributed by atoms with van der Waals surface area (Å²) < 4.78 is 25.4. The average molecular weight is 441 g/mol. The summed E-state index contributed by atoms with van der Waals surface area (Å²) in [5.74, 6) is -0.640. The third kappa shape index (κ3) is 4.82. The molecular formula is C24H28N2O4S. The van der Waals surface area contributed by atoms with Crippen LogP contribution in [0.15, 0.2) is 59.5 Å². The van der Waals surface area contributed by atoms with Gasteiger partial charge in [0.05, 0.1) is 16.2 Å². The van der Waals surface area contributed by atoms with Gasteiger partial charge in [-0.3, -0.25) is 9.59 Å². The molecule has 0 saturated heterocycles. The van der Waals surface area contributed by atoms with Crippen LogP contribution >= 0.6 is 0 Å². The van der Waals surface area contributed by atoms with Crippen molar-refractivity contribution in [1.82, 2.24) is 5.32 Å². The van der Waals surface area contributed by atoms with Crippen molar-refractivity contribution < 1.29 is 18.0 Å². The lowest BCUT2D eigenvalue weighted by atomic mass is 10.0. The van der Waals surface area contributed by atoms with Gasteiger partial charge in [0.25, 0.3) is 0 Å². The van der Waals surface area contributed by atoms with E-state index in [2.05, 4.69) is 17.6 Å². The lowest BCUT2D eigenvalue weighted by Crippen LogP contribution is -2.38. The van der Waals surface area contributed by atoms with Gasteiger partial charge in [0.2, 0.25) is 0 Å². The fourth-order valence-corrected chi connectivity index (χ4v) is 6.28. The highest BCUT2D eigenvalue weighted by Crippen LogP contribution is 2.46. The first-order valence-corrected chi connectivity index (χ1v) is 12.4. The predicted octanol–water partition coefficient (Wildman–Crippen LogP) is 3.85. The molecule has 0 aromatic heterocycles. The maximum Gasteiger partial charge on any atom is 0.313 e. The number of carbonyl (C=O) groups is 2. The van der Waals surface area contributed by atoms with Crippen molar-refractivity contribution in [2.45, 2.75) is 55.2 Å². The van der Waals surface area contributed by atoms with Crippen LogP contribution in [0.1, 0.15) is 50.6 Å². The van der Waals surface area contributed by atoms with Crippen molar-refractivity contribution in [3.05, 3.63) is 60.2 Å². The number of amides is 2. The van der Waals surface area contributed by atoms with Crippen LogP contribution in [0.25, 0.3) is 0 Å². The van der Waals surface area contributed by atoms with Crippen LogP contribution in [0.5, 0.6) is 0 Å². The SMILES string of the molecule is CC1CC1C(NC(=O)C(=O)Nc1ccc(S(=O)(=O)C2CCCC2)cc1)c1ccccc1. The molecule has 0 aliphatic heterocycles. The highest BCUT2D eigenvalue weighted by molar-refractivity contribution is 7.92. The third-order valence-corrected chi connectivity index (χ3v) is 8.71. The van der Waals surface area contributed by atoms with Gasteiger partial charge in [-0.15, -0.1) is 0 Å². The van der Waals surface area contributed by atoms with Crippen LogP contribution < -0.4 is 10.6 Å². The Hall–Kier alpha value is -2.67. The molecule has 0 radical (unpaired) electrons. The summed E-state index contributed by atoms with van der Waals surface area (Å²) in [6, 6.07) is 15.5. The largest absolute Gasteiger partial charge is 0.341 e. The normalized spacial score (nSPS) is 22.0. The second kappa shape index (κ2) is 8.83. The van der Waals surface area contributed by atoms with E-state index < -0.39 is 21.7 Å². The number of benzene rings is 2. The molecule has 0 spiro atoms. The first-order valence-electron chi connectivity index (χ1n) is 10.9. The Morgan fingerprint density at radius 1 is 0.935 bits per heavy atom. The predicted molar refractivity (Wildman–Crippen MR) is 119 cm³/mol. The topological polar surface area (TPSA) is 92.3 Å². The summed E-state index contributed by atoms with van der Waals surface area (Å²) in [7, 11) is -3.35. The van der Waals surface area contributed by atoms with Gasteiger partial charge >= 0.3 is 11.8 Å². The van der Waals surface area contributed by atoms with E-state index >= 15 is 0 Å². The molecular weight excluding hydrogens is 412 g/mol. The number of anilines is 1. The Balaban J connectivity index is 1.40. The number of hydrogen-bond acceptors (Lipinski definition) is 4. The molecule has 164 valence electrons. The number of carbonyl (C=O) groups excluding carboxylic acids is 2. The average Bonchev–Trinajstić information content (AvgIpc) is 3.24. The lowest BCUT2D eigenvalue weighted by molar-refractivity contribution is -0.136. The summed E-state index contributed by atoms with van der Waals surface area (Å²) in [5, 5.41) is 5.12. The van der Waals surface area contributed by atoms with Crippen LogP contribution in [0.4, 0.5) is 5.69 Å². The second-order valence-electron chi connectivity index (χ2n) is 8.67. The van der Waals surface area contributed by atoms with Gasteiger partial charge in [0, 0.05) is 5.69 Å². The van der Waals surface area contributed by atoms with Crippen molar-refractivity contribution in [2.24, 2.45) is 11.8 Å². The van der Waals surface area contributed by atoms with Crippen molar-refractivity contribution in [3.8, 4) is 0 Å². The van der Waals surface area contributed by atoms with Gasteiger partial charge < -0.3 is 10.6 Å². The Bertz CT molecular complexity index is 1040. The molecule has 7 heteroatoms. The van der Waals surface area contributed by atoms with E-state index in [0.29, 0.717) is 30.4 Å². The highest BCUT2D eigenvalue weighted by atomic mass is 32.2. The highest BCUT2D eigenvalue weighted by Gasteiger charge is 2.41. The van der Waals surface area contributed by atoms with Crippen molar-refractivity contribution in [3.63, 3.8) is 0 Å². The van der Waals surface area contributed by atoms with E-state index in [9.17, 15) is 18.0 Å². The summed E-state index contributed by atoms with van der Waals surface area (Å²) in [6.07, 6.45) is 4.29. The van der Waals surface area contributed by atoms with E-state index in [4.69, 9.17) is 0 Å². The zero-order valence-corrected chi connectivity index (χ0v) is 18.4. The van der Waals surface area contributed by atoms with E-state index in [-0.39, 0.29) is 16.2 Å². The van der Waals surface area contributed by atoms with Gasteiger partial charge in [-0.2, -0.15) is 0 Å². The Labute approximate surface area is 183 Å². The van der Waals surface area contributed by atoms with Crippen LogP contribution in [0, 0.1) is 11.8 Å². The monoisotopic (exact) mass is 440 g/mol. The van der Waals surface area contributed by atoms with Gasteiger partial charge in [-0.1, -0.05) is 50.1 Å². The quantitative estimate of drug-likeness (QED) is 0.667. The zero-order valence-electron chi connectivity index (χ0n) is 17.6. The van der Waals surface area contributed by atoms with Crippen LogP contribution in [0.2, 0.25) is 0 Å². The number of nitrogens with one attached hydrogen (secondary N) is 2. The van der Waals surface area contributed by atoms with Crippen LogP contribution in [-0.4, -0.2) is 25.5 Å². The smallest absolute Gasteiger partial charge is 0.313 e. The molecule has 2 aromatic carbocycles. The first kappa shape index (κ1) is 21.6. The minimum atomic E-state index is -3.35. The van der Waals surface area contributed by atoms with Crippen LogP contribution in [0.3, 0.4) is 0 Å². The summed E-state index contributed by atoms with van der Waals surface area (Å²) >= 11 is 0. The number of sulfone groups is 1. The second-order valence-corrected chi connectivity index (χ2v) is 10.9. The lowest BCUT2D eigenvalue weighted by Gasteiger charge is -2.19. The fraction of sp³-hybridized carbons (Fsp3) is 0.417. The van der Waals surface area contributed by atoms with Crippen LogP contribution in [-0.2, 0) is 19.4 Å². The zero-order chi connectivity index (χ0) is 22.0. The molecule has 2 N–H and O–H groups in total. The number of hydrogen-bond donors (Lipinski definition) is 2. The van der Waals surface area contributed by atoms with Crippen molar-refractivity contribution >= 4 is 27.3 Å². The molecule has 3 atom stereocenters. The molecule has 4 rings (SSSR count). The minimum absolute atomic E-state index is 0.201. The molecule has 6 nitrogen and oxygen atoms in total. The van der Waals surface area contributed by atoms with Gasteiger partial charge in [0.15, 0.2) is 9.84 Å². The first-order chi connectivity index (χ1) is 14.9. The molecule has 2 fully saturated rings. The van der Waals surface area contributed by atoms with Gasteiger partial charge in [0.1, 0.15) is 0 Å². The molecule has 2 aliphatic rings. The van der Waals surface area contributed by atoms with Crippen molar-refractivity contribution in [2.75, 3.05) is 5.32 Å². The standard InChI is InChI=1S/C24H28N2O4S/c1-16-15-21(16)22(17-7-3-2-4-8-17)26-24(28)23(27)25-18-11-13-20(14-12-18)31(29,30)19-9-5-6-10-19/h2-4,7-8,11-14,16,19,21-22H,5-6,9-10,15H2,1H3,(H,25,27)(H,26,28). The maximum atomic E-state index is 12.7. The maximum absolute atomic E-state index is 12.7. The Kier molecular flexibility index (Phi) is 6.14. The Morgan fingerprint density at radius 3 is 2.13 bits per heavy atom. The molecule has 31 heavy (non-hydrogen) atoms. The Morgan fingerprint density at radius 2 is 1.55 bits per heavy atom. The van der Waals surface area contributed by atoms with E-state index in [1.165, 1.54) is 24.3 Å². The molecule has 2 amide bonds.